The Hall–Kier alpha value is -5.16. The van der Waals surface area contributed by atoms with Crippen molar-refractivity contribution in [3.8, 4) is 11.5 Å². The Morgan fingerprint density at radius 3 is 0.750 bits per heavy atom. The van der Waals surface area contributed by atoms with E-state index in [0.717, 1.165) is 44.9 Å². The average Bonchev–Trinajstić information content (AvgIpc) is 3.12. The lowest BCUT2D eigenvalue weighted by molar-refractivity contribution is -0.388. The molecule has 0 amide bonds. The predicted octanol–water partition coefficient (Wildman–Crippen LogP) is 8.94. The van der Waals surface area contributed by atoms with Gasteiger partial charge in [0.15, 0.2) is 11.2 Å². The zero-order valence-corrected chi connectivity index (χ0v) is 24.8. The smallest absolute Gasteiger partial charge is 0.179 e. The number of hydrogen-bond acceptors (Lipinski definition) is 4. The highest BCUT2D eigenvalue weighted by Gasteiger charge is 2.45. The van der Waals surface area contributed by atoms with E-state index in [0.29, 0.717) is 0 Å². The fourth-order valence-electron chi connectivity index (χ4n) is 5.76. The Labute approximate surface area is 259 Å². The zero-order valence-electron chi connectivity index (χ0n) is 24.8. The molecule has 0 aliphatic rings. The van der Waals surface area contributed by atoms with Gasteiger partial charge in [-0.05, 0) is 57.6 Å². The maximum Gasteiger partial charge on any atom is 0.179 e. The van der Waals surface area contributed by atoms with Gasteiger partial charge in [-0.25, -0.2) is 9.78 Å². The van der Waals surface area contributed by atoms with E-state index < -0.39 is 11.2 Å². The summed E-state index contributed by atoms with van der Waals surface area (Å²) in [5, 5.41) is 0. The molecule has 6 rings (SSSR count). The second kappa shape index (κ2) is 13.0. The molecule has 0 radical (unpaired) electrons. The number of hydrogen-bond donors (Lipinski definition) is 0. The Morgan fingerprint density at radius 1 is 0.295 bits per heavy atom. The van der Waals surface area contributed by atoms with Crippen LogP contribution in [-0.2, 0) is 21.0 Å². The van der Waals surface area contributed by atoms with Gasteiger partial charge in [0, 0.05) is 0 Å². The minimum atomic E-state index is -1.14. The molecule has 0 spiro atoms. The number of ether oxygens (including phenoxy) is 2. The highest BCUT2D eigenvalue weighted by molar-refractivity contribution is 5.50. The molecule has 6 aromatic carbocycles. The maximum absolute atomic E-state index is 7.07. The van der Waals surface area contributed by atoms with Crippen LogP contribution in [0.5, 0.6) is 11.5 Å². The molecule has 0 saturated heterocycles. The second-order valence-electron chi connectivity index (χ2n) is 10.5. The van der Waals surface area contributed by atoms with Crippen LogP contribution in [0, 0.1) is 0 Å². The molecule has 4 nitrogen and oxygen atoms in total. The van der Waals surface area contributed by atoms with Crippen molar-refractivity contribution in [2.45, 2.75) is 11.2 Å². The van der Waals surface area contributed by atoms with E-state index >= 15 is 0 Å². The minimum Gasteiger partial charge on any atom is -0.497 e. The van der Waals surface area contributed by atoms with E-state index in [9.17, 15) is 0 Å². The molecule has 6 aromatic rings. The van der Waals surface area contributed by atoms with E-state index in [4.69, 9.17) is 19.2 Å². The molecule has 0 heterocycles. The first-order valence-corrected chi connectivity index (χ1v) is 14.6. The summed E-state index contributed by atoms with van der Waals surface area (Å²) in [5.41, 5.74) is 3.16. The Bertz CT molecular complexity index is 1520. The van der Waals surface area contributed by atoms with Crippen LogP contribution in [0.1, 0.15) is 33.4 Å². The topological polar surface area (TPSA) is 36.9 Å². The van der Waals surface area contributed by atoms with E-state index in [1.807, 2.05) is 121 Å². The van der Waals surface area contributed by atoms with E-state index in [-0.39, 0.29) is 0 Å². The quantitative estimate of drug-likeness (QED) is 0.0874. The predicted molar refractivity (Wildman–Crippen MR) is 174 cm³/mol. The number of methoxy groups -OCH3 is 2. The normalized spacial score (nSPS) is 11.6. The van der Waals surface area contributed by atoms with Crippen LogP contribution < -0.4 is 9.47 Å². The lowest BCUT2D eigenvalue weighted by Gasteiger charge is -2.40. The molecule has 0 aliphatic heterocycles. The van der Waals surface area contributed by atoms with Crippen molar-refractivity contribution in [1.29, 1.82) is 0 Å². The molecular weight excluding hydrogens is 544 g/mol. The lowest BCUT2D eigenvalue weighted by Crippen LogP contribution is -2.40. The van der Waals surface area contributed by atoms with Crippen molar-refractivity contribution >= 4 is 0 Å². The summed E-state index contributed by atoms with van der Waals surface area (Å²) in [5.74, 6) is 1.51. The molecule has 0 unspecified atom stereocenters. The van der Waals surface area contributed by atoms with Gasteiger partial charge >= 0.3 is 0 Å². The minimum absolute atomic E-state index is 0.755. The van der Waals surface area contributed by atoms with E-state index in [2.05, 4.69) is 48.5 Å². The third kappa shape index (κ3) is 5.37. The fraction of sp³-hybridized carbons (Fsp3) is 0.100. The molecule has 0 bridgehead atoms. The maximum atomic E-state index is 7.07. The summed E-state index contributed by atoms with van der Waals surface area (Å²) in [7, 11) is 3.33. The largest absolute Gasteiger partial charge is 0.497 e. The Balaban J connectivity index is 1.62. The molecule has 0 saturated carbocycles. The van der Waals surface area contributed by atoms with Crippen molar-refractivity contribution < 1.29 is 19.2 Å². The van der Waals surface area contributed by atoms with E-state index in [1.165, 1.54) is 0 Å². The molecule has 0 fully saturated rings. The summed E-state index contributed by atoms with van der Waals surface area (Å²) in [6, 6.07) is 56.6. The molecule has 44 heavy (non-hydrogen) atoms. The Kier molecular flexibility index (Phi) is 8.55. The van der Waals surface area contributed by atoms with Gasteiger partial charge in [0.1, 0.15) is 11.5 Å². The van der Waals surface area contributed by atoms with Crippen molar-refractivity contribution in [3.05, 3.63) is 203 Å². The first kappa shape index (κ1) is 28.9. The van der Waals surface area contributed by atoms with Gasteiger partial charge in [-0.3, -0.25) is 0 Å². The molecule has 0 N–H and O–H groups in total. The third-order valence-corrected chi connectivity index (χ3v) is 8.01. The summed E-state index contributed by atoms with van der Waals surface area (Å²) < 4.78 is 11.0. The zero-order chi connectivity index (χ0) is 30.2. The van der Waals surface area contributed by atoms with Crippen LogP contribution in [0.4, 0.5) is 0 Å². The van der Waals surface area contributed by atoms with Crippen LogP contribution in [0.3, 0.4) is 0 Å². The molecule has 218 valence electrons. The van der Waals surface area contributed by atoms with Crippen molar-refractivity contribution in [3.63, 3.8) is 0 Å². The molecular formula is C40H34O4. The van der Waals surface area contributed by atoms with Crippen LogP contribution in [-0.4, -0.2) is 14.2 Å². The van der Waals surface area contributed by atoms with Gasteiger partial charge in [-0.15, -0.1) is 0 Å². The number of rotatable bonds is 11. The van der Waals surface area contributed by atoms with Crippen molar-refractivity contribution in [2.24, 2.45) is 0 Å². The summed E-state index contributed by atoms with van der Waals surface area (Å²) >= 11 is 0. The average molecular weight is 579 g/mol. The van der Waals surface area contributed by atoms with Gasteiger partial charge < -0.3 is 9.47 Å². The standard InChI is InChI=1S/C40H34O4/c1-41-37-27-23-35(24-28-37)39(31-15-7-3-8-16-31,32-17-9-4-10-18-32)43-44-40(33-19-11-5-12-20-33,34-21-13-6-14-22-34)36-25-29-38(42-2)30-26-36/h3-30H,1-2H3. The monoisotopic (exact) mass is 578 g/mol. The number of benzene rings is 6. The van der Waals surface area contributed by atoms with Gasteiger partial charge in [-0.1, -0.05) is 146 Å². The van der Waals surface area contributed by atoms with Crippen molar-refractivity contribution in [1.82, 2.24) is 0 Å². The van der Waals surface area contributed by atoms with Gasteiger partial charge in [0.2, 0.25) is 0 Å². The molecule has 0 aromatic heterocycles. The van der Waals surface area contributed by atoms with Crippen LogP contribution in [0.25, 0.3) is 0 Å². The van der Waals surface area contributed by atoms with E-state index in [1.54, 1.807) is 14.2 Å². The first-order valence-electron chi connectivity index (χ1n) is 14.6. The van der Waals surface area contributed by atoms with Gasteiger partial charge in [0.25, 0.3) is 0 Å². The fourth-order valence-corrected chi connectivity index (χ4v) is 5.76. The van der Waals surface area contributed by atoms with Crippen LogP contribution >= 0.6 is 0 Å². The highest BCUT2D eigenvalue weighted by atomic mass is 17.2. The summed E-state index contributed by atoms with van der Waals surface area (Å²) in [4.78, 5) is 14.1. The summed E-state index contributed by atoms with van der Waals surface area (Å²) in [6.07, 6.45) is 0. The first-order chi connectivity index (χ1) is 21.7. The van der Waals surface area contributed by atoms with Gasteiger partial charge in [-0.2, -0.15) is 0 Å². The van der Waals surface area contributed by atoms with Gasteiger partial charge in [0.05, 0.1) is 14.2 Å². The summed E-state index contributed by atoms with van der Waals surface area (Å²) in [6.45, 7) is 0. The SMILES string of the molecule is COc1ccc(C(OOC(c2ccccc2)(c2ccccc2)c2ccc(OC)cc2)(c2ccccc2)c2ccccc2)cc1. The second-order valence-corrected chi connectivity index (χ2v) is 10.5. The lowest BCUT2D eigenvalue weighted by atomic mass is 9.79. The highest BCUT2D eigenvalue weighted by Crippen LogP contribution is 2.47. The molecule has 4 heteroatoms. The third-order valence-electron chi connectivity index (χ3n) is 8.01. The van der Waals surface area contributed by atoms with Crippen LogP contribution in [0.15, 0.2) is 170 Å². The Morgan fingerprint density at radius 2 is 0.523 bits per heavy atom. The van der Waals surface area contributed by atoms with Crippen LogP contribution in [0.2, 0.25) is 0 Å². The van der Waals surface area contributed by atoms with Crippen molar-refractivity contribution in [2.75, 3.05) is 14.2 Å². The molecule has 0 aliphatic carbocycles. The molecule has 0 atom stereocenters.